The predicted molar refractivity (Wildman–Crippen MR) is 64.1 cm³/mol. The van der Waals surface area contributed by atoms with Gasteiger partial charge in [0.05, 0.1) is 16.6 Å². The summed E-state index contributed by atoms with van der Waals surface area (Å²) >= 11 is 0. The van der Waals surface area contributed by atoms with Crippen molar-refractivity contribution in [1.82, 2.24) is 0 Å². The molecule has 0 saturated heterocycles. The first-order chi connectivity index (χ1) is 9.36. The van der Waals surface area contributed by atoms with E-state index in [2.05, 4.69) is 0 Å². The zero-order valence-corrected chi connectivity index (χ0v) is 10.1. The van der Waals surface area contributed by atoms with Gasteiger partial charge in [-0.1, -0.05) is 6.07 Å². The summed E-state index contributed by atoms with van der Waals surface area (Å²) in [4.78, 5) is 10.0. The Balaban J connectivity index is 2.19. The number of benzene rings is 1. The second kappa shape index (κ2) is 5.36. The number of nitro groups is 1. The Bertz CT molecular complexity index is 591. The van der Waals surface area contributed by atoms with Gasteiger partial charge in [0.1, 0.15) is 11.5 Å². The number of hydrogen-bond acceptors (Lipinski definition) is 3. The highest BCUT2D eigenvalue weighted by Crippen LogP contribution is 2.32. The smallest absolute Gasteiger partial charge is 0.416 e. The van der Waals surface area contributed by atoms with Gasteiger partial charge in [-0.3, -0.25) is 10.1 Å². The van der Waals surface area contributed by atoms with Crippen LogP contribution in [0.2, 0.25) is 0 Å². The van der Waals surface area contributed by atoms with Crippen LogP contribution in [0, 0.1) is 16.5 Å². The van der Waals surface area contributed by atoms with Gasteiger partial charge < -0.3 is 4.74 Å². The molecule has 1 radical (unpaired) electrons. The summed E-state index contributed by atoms with van der Waals surface area (Å²) in [6.07, 6.45) is -0.147. The van der Waals surface area contributed by atoms with E-state index in [9.17, 15) is 23.3 Å². The molecule has 2 rings (SSSR count). The van der Waals surface area contributed by atoms with Crippen molar-refractivity contribution in [2.45, 2.75) is 12.6 Å². The van der Waals surface area contributed by atoms with E-state index in [0.717, 1.165) is 12.1 Å². The molecular weight excluding hydrogens is 275 g/mol. The summed E-state index contributed by atoms with van der Waals surface area (Å²) < 4.78 is 42.9. The fraction of sp³-hybridized carbons (Fsp3) is 0.154. The van der Waals surface area contributed by atoms with E-state index in [0.29, 0.717) is 0 Å². The summed E-state index contributed by atoms with van der Waals surface area (Å²) in [5, 5.41) is 10.6. The lowest BCUT2D eigenvalue weighted by Gasteiger charge is -2.13. The predicted octanol–water partition coefficient (Wildman–Crippen LogP) is 3.74. The first kappa shape index (κ1) is 14.1. The van der Waals surface area contributed by atoms with Crippen LogP contribution in [0.15, 0.2) is 47.9 Å². The molecule has 0 amide bonds. The molecule has 20 heavy (non-hydrogen) atoms. The number of hydrogen-bond donors (Lipinski definition) is 0. The minimum atomic E-state index is -4.46. The molecule has 0 fully saturated rings. The lowest BCUT2D eigenvalue weighted by Crippen LogP contribution is -2.07. The SMILES string of the molecule is O=[N+]([O-])C1=C[CH]CC(Oc2cccc(C(F)(F)F)c2)=C1. The van der Waals surface area contributed by atoms with Gasteiger partial charge in [0.2, 0.25) is 0 Å². The van der Waals surface area contributed by atoms with Gasteiger partial charge in [0.15, 0.2) is 0 Å². The average Bonchev–Trinajstić information content (AvgIpc) is 2.38. The molecule has 0 unspecified atom stereocenters. The zero-order chi connectivity index (χ0) is 14.8. The standard InChI is InChI=1S/C13H9F3NO3/c14-13(15,16)9-3-1-5-11(7-9)20-12-6-2-4-10(8-12)17(18)19/h1-5,7-8H,6H2. The van der Waals surface area contributed by atoms with Gasteiger partial charge in [-0.15, -0.1) is 0 Å². The molecule has 0 atom stereocenters. The highest BCUT2D eigenvalue weighted by Gasteiger charge is 2.30. The van der Waals surface area contributed by atoms with E-state index >= 15 is 0 Å². The first-order valence-electron chi connectivity index (χ1n) is 5.60. The van der Waals surface area contributed by atoms with Crippen molar-refractivity contribution in [2.24, 2.45) is 0 Å². The molecule has 1 aromatic rings. The molecule has 1 aliphatic rings. The average molecular weight is 284 g/mol. The fourth-order valence-corrected chi connectivity index (χ4v) is 1.64. The second-order valence-electron chi connectivity index (χ2n) is 4.03. The molecule has 1 aliphatic carbocycles. The second-order valence-corrected chi connectivity index (χ2v) is 4.03. The Kier molecular flexibility index (Phi) is 3.78. The van der Waals surface area contributed by atoms with Crippen molar-refractivity contribution in [3.63, 3.8) is 0 Å². The summed E-state index contributed by atoms with van der Waals surface area (Å²) in [6, 6.07) is 4.36. The van der Waals surface area contributed by atoms with E-state index in [1.807, 2.05) is 0 Å². The van der Waals surface area contributed by atoms with Crippen molar-refractivity contribution >= 4 is 0 Å². The third-order valence-corrected chi connectivity index (χ3v) is 2.54. The van der Waals surface area contributed by atoms with Crippen LogP contribution in [0.25, 0.3) is 0 Å². The molecular formula is C13H9F3NO3. The largest absolute Gasteiger partial charge is 0.461 e. The van der Waals surface area contributed by atoms with E-state index in [1.54, 1.807) is 0 Å². The normalized spacial score (nSPS) is 15.3. The van der Waals surface area contributed by atoms with Crippen LogP contribution in [0.5, 0.6) is 5.75 Å². The summed E-state index contributed by atoms with van der Waals surface area (Å²) in [5.41, 5.74) is -1.00. The number of nitrogens with zero attached hydrogens (tertiary/aromatic N) is 1. The van der Waals surface area contributed by atoms with Crippen LogP contribution in [0.1, 0.15) is 12.0 Å². The Hall–Kier alpha value is -2.31. The van der Waals surface area contributed by atoms with Gasteiger partial charge in [-0.25, -0.2) is 0 Å². The van der Waals surface area contributed by atoms with Gasteiger partial charge >= 0.3 is 6.18 Å². The van der Waals surface area contributed by atoms with Gasteiger partial charge in [0, 0.05) is 6.42 Å². The number of allylic oxidation sites excluding steroid dienone is 3. The first-order valence-corrected chi connectivity index (χ1v) is 5.60. The molecule has 0 aliphatic heterocycles. The quantitative estimate of drug-likeness (QED) is 0.627. The summed E-state index contributed by atoms with van der Waals surface area (Å²) in [7, 11) is 0. The minimum Gasteiger partial charge on any atom is -0.461 e. The summed E-state index contributed by atoms with van der Waals surface area (Å²) in [5.74, 6) is 0.211. The third kappa shape index (κ3) is 3.37. The monoisotopic (exact) mass is 284 g/mol. The van der Waals surface area contributed by atoms with Crippen molar-refractivity contribution in [2.75, 3.05) is 0 Å². The molecule has 0 heterocycles. The number of rotatable bonds is 3. The van der Waals surface area contributed by atoms with Crippen LogP contribution >= 0.6 is 0 Å². The van der Waals surface area contributed by atoms with Crippen LogP contribution in [0.4, 0.5) is 13.2 Å². The molecule has 0 saturated carbocycles. The molecule has 0 aromatic heterocycles. The van der Waals surface area contributed by atoms with Gasteiger partial charge in [-0.05, 0) is 30.7 Å². The Labute approximate surface area is 112 Å². The van der Waals surface area contributed by atoms with E-state index < -0.39 is 16.7 Å². The van der Waals surface area contributed by atoms with E-state index in [1.165, 1.54) is 30.7 Å². The Morgan fingerprint density at radius 3 is 2.70 bits per heavy atom. The van der Waals surface area contributed by atoms with Crippen LogP contribution in [-0.2, 0) is 6.18 Å². The van der Waals surface area contributed by atoms with E-state index in [4.69, 9.17) is 4.74 Å². The number of alkyl halides is 3. The lowest BCUT2D eigenvalue weighted by atomic mass is 10.1. The maximum atomic E-state index is 12.5. The fourth-order valence-electron chi connectivity index (χ4n) is 1.64. The lowest BCUT2D eigenvalue weighted by molar-refractivity contribution is -0.419. The topological polar surface area (TPSA) is 52.4 Å². The van der Waals surface area contributed by atoms with Crippen molar-refractivity contribution in [3.8, 4) is 5.75 Å². The maximum Gasteiger partial charge on any atom is 0.416 e. The zero-order valence-electron chi connectivity index (χ0n) is 10.1. The molecule has 0 N–H and O–H groups in total. The van der Waals surface area contributed by atoms with Crippen molar-refractivity contribution in [3.05, 3.63) is 70.0 Å². The van der Waals surface area contributed by atoms with Crippen LogP contribution in [-0.4, -0.2) is 4.92 Å². The Morgan fingerprint density at radius 2 is 2.05 bits per heavy atom. The Morgan fingerprint density at radius 1 is 1.30 bits per heavy atom. The van der Waals surface area contributed by atoms with Crippen LogP contribution < -0.4 is 4.74 Å². The third-order valence-electron chi connectivity index (χ3n) is 2.54. The molecule has 4 nitrogen and oxygen atoms in total. The minimum absolute atomic E-state index is 0.0101. The molecule has 7 heteroatoms. The highest BCUT2D eigenvalue weighted by molar-refractivity contribution is 5.33. The summed E-state index contributed by atoms with van der Waals surface area (Å²) in [6.45, 7) is 0. The van der Waals surface area contributed by atoms with Gasteiger partial charge in [-0.2, -0.15) is 13.2 Å². The van der Waals surface area contributed by atoms with Crippen molar-refractivity contribution in [1.29, 1.82) is 0 Å². The molecule has 0 bridgehead atoms. The highest BCUT2D eigenvalue weighted by atomic mass is 19.4. The molecule has 0 spiro atoms. The van der Waals surface area contributed by atoms with Crippen LogP contribution in [0.3, 0.4) is 0 Å². The number of ether oxygens (including phenoxy) is 1. The van der Waals surface area contributed by atoms with Gasteiger partial charge in [0.25, 0.3) is 5.70 Å². The number of halogens is 3. The molecule has 105 valence electrons. The van der Waals surface area contributed by atoms with Crippen molar-refractivity contribution < 1.29 is 22.8 Å². The molecule has 1 aromatic carbocycles. The van der Waals surface area contributed by atoms with E-state index in [-0.39, 0.29) is 23.6 Å². The maximum absolute atomic E-state index is 12.5.